The monoisotopic (exact) mass is 324 g/mol. The molecule has 0 saturated carbocycles. The highest BCUT2D eigenvalue weighted by Crippen LogP contribution is 2.21. The second kappa shape index (κ2) is 8.99. The van der Waals surface area contributed by atoms with Crippen molar-refractivity contribution in [3.05, 3.63) is 29.0 Å². The summed E-state index contributed by atoms with van der Waals surface area (Å²) in [6.45, 7) is 9.82. The first kappa shape index (κ1) is 18.8. The third-order valence-corrected chi connectivity index (χ3v) is 3.65. The molecular formula is C17H29ClN4. The van der Waals surface area contributed by atoms with E-state index >= 15 is 0 Å². The Morgan fingerprint density at radius 1 is 1.36 bits per heavy atom. The zero-order valence-electron chi connectivity index (χ0n) is 14.4. The lowest BCUT2D eigenvalue weighted by Gasteiger charge is -2.23. The molecule has 0 aliphatic carbocycles. The highest BCUT2D eigenvalue weighted by molar-refractivity contribution is 6.29. The van der Waals surface area contributed by atoms with Crippen molar-refractivity contribution in [1.82, 2.24) is 15.6 Å². The number of hydrogen-bond acceptors (Lipinski definition) is 2. The molecule has 1 atom stereocenters. The van der Waals surface area contributed by atoms with Crippen LogP contribution in [0.5, 0.6) is 0 Å². The fourth-order valence-electron chi connectivity index (χ4n) is 2.03. The van der Waals surface area contributed by atoms with Gasteiger partial charge in [-0.05, 0) is 43.2 Å². The number of aliphatic imine (C=N–C) groups is 1. The van der Waals surface area contributed by atoms with E-state index in [0.717, 1.165) is 30.9 Å². The summed E-state index contributed by atoms with van der Waals surface area (Å²) in [5.74, 6) is 0.850. The van der Waals surface area contributed by atoms with Crippen LogP contribution in [0.1, 0.15) is 46.1 Å². The lowest BCUT2D eigenvalue weighted by molar-refractivity contribution is 0.346. The van der Waals surface area contributed by atoms with Crippen molar-refractivity contribution in [2.24, 2.45) is 10.4 Å². The van der Waals surface area contributed by atoms with Gasteiger partial charge < -0.3 is 10.6 Å². The Bertz CT molecular complexity index is 463. The van der Waals surface area contributed by atoms with Crippen LogP contribution in [0, 0.1) is 5.41 Å². The zero-order chi connectivity index (χ0) is 16.6. The van der Waals surface area contributed by atoms with Gasteiger partial charge in [-0.15, -0.1) is 0 Å². The molecule has 1 heterocycles. The molecule has 1 unspecified atom stereocenters. The highest BCUT2D eigenvalue weighted by Gasteiger charge is 2.13. The molecule has 0 amide bonds. The van der Waals surface area contributed by atoms with Gasteiger partial charge in [-0.1, -0.05) is 38.4 Å². The van der Waals surface area contributed by atoms with Gasteiger partial charge in [0.05, 0.1) is 0 Å². The molecule has 124 valence electrons. The number of halogens is 1. The molecule has 2 N–H and O–H groups in total. The van der Waals surface area contributed by atoms with Gasteiger partial charge in [0, 0.05) is 25.8 Å². The summed E-state index contributed by atoms with van der Waals surface area (Å²) >= 11 is 5.78. The molecule has 0 aromatic carbocycles. The van der Waals surface area contributed by atoms with Crippen LogP contribution in [0.3, 0.4) is 0 Å². The predicted molar refractivity (Wildman–Crippen MR) is 95.6 cm³/mol. The van der Waals surface area contributed by atoms with E-state index < -0.39 is 0 Å². The van der Waals surface area contributed by atoms with Gasteiger partial charge in [0.2, 0.25) is 0 Å². The molecule has 0 radical (unpaired) electrons. The fourth-order valence-corrected chi connectivity index (χ4v) is 2.14. The molecule has 4 nitrogen and oxygen atoms in total. The topological polar surface area (TPSA) is 49.3 Å². The minimum absolute atomic E-state index is 0.370. The van der Waals surface area contributed by atoms with E-state index in [4.69, 9.17) is 11.6 Å². The van der Waals surface area contributed by atoms with Gasteiger partial charge >= 0.3 is 0 Å². The van der Waals surface area contributed by atoms with Crippen LogP contribution in [-0.2, 0) is 6.42 Å². The highest BCUT2D eigenvalue weighted by atomic mass is 35.5. The van der Waals surface area contributed by atoms with Crippen molar-refractivity contribution in [3.63, 3.8) is 0 Å². The predicted octanol–water partition coefficient (Wildman–Crippen LogP) is 3.66. The van der Waals surface area contributed by atoms with Crippen molar-refractivity contribution in [3.8, 4) is 0 Å². The normalized spacial score (nSPS) is 13.8. The van der Waals surface area contributed by atoms with E-state index in [1.807, 2.05) is 18.3 Å². The first-order chi connectivity index (χ1) is 10.3. The van der Waals surface area contributed by atoms with Gasteiger partial charge in [-0.25, -0.2) is 4.98 Å². The summed E-state index contributed by atoms with van der Waals surface area (Å²) in [7, 11) is 1.80. The smallest absolute Gasteiger partial charge is 0.191 e. The van der Waals surface area contributed by atoms with Crippen molar-refractivity contribution in [1.29, 1.82) is 0 Å². The van der Waals surface area contributed by atoms with E-state index in [0.29, 0.717) is 16.6 Å². The number of hydrogen-bond donors (Lipinski definition) is 2. The maximum atomic E-state index is 5.78. The van der Waals surface area contributed by atoms with Crippen LogP contribution >= 0.6 is 11.6 Å². The molecule has 1 rings (SSSR count). The summed E-state index contributed by atoms with van der Waals surface area (Å²) in [5.41, 5.74) is 1.53. The number of nitrogens with zero attached hydrogens (tertiary/aromatic N) is 2. The van der Waals surface area contributed by atoms with E-state index in [2.05, 4.69) is 48.3 Å². The molecule has 0 spiro atoms. The molecule has 22 heavy (non-hydrogen) atoms. The summed E-state index contributed by atoms with van der Waals surface area (Å²) in [5, 5.41) is 7.30. The molecule has 1 aromatic rings. The lowest BCUT2D eigenvalue weighted by Crippen LogP contribution is -2.43. The fraction of sp³-hybridized carbons (Fsp3) is 0.647. The van der Waals surface area contributed by atoms with Crippen LogP contribution in [0.15, 0.2) is 23.3 Å². The number of pyridine rings is 1. The van der Waals surface area contributed by atoms with Crippen LogP contribution in [0.4, 0.5) is 0 Å². The average Bonchev–Trinajstić information content (AvgIpc) is 2.45. The SMILES string of the molecule is CN=C(NCCc1ccc(Cl)nc1)NC(C)CCC(C)(C)C. The quantitative estimate of drug-likeness (QED) is 0.477. The first-order valence-electron chi connectivity index (χ1n) is 7.88. The lowest BCUT2D eigenvalue weighted by atomic mass is 9.89. The number of rotatable bonds is 6. The standard InChI is InChI=1S/C17H29ClN4/c1-13(8-10-17(2,3)4)22-16(19-5)20-11-9-14-6-7-15(18)21-12-14/h6-7,12-13H,8-11H2,1-5H3,(H2,19,20,22). The van der Waals surface area contributed by atoms with Crippen molar-refractivity contribution >= 4 is 17.6 Å². The van der Waals surface area contributed by atoms with Crippen molar-refractivity contribution in [2.45, 2.75) is 53.0 Å². The second-order valence-corrected chi connectivity index (χ2v) is 7.27. The van der Waals surface area contributed by atoms with Crippen LogP contribution in [0.25, 0.3) is 0 Å². The molecule has 0 fully saturated rings. The van der Waals surface area contributed by atoms with E-state index in [1.54, 1.807) is 7.05 Å². The zero-order valence-corrected chi connectivity index (χ0v) is 15.2. The average molecular weight is 325 g/mol. The minimum Gasteiger partial charge on any atom is -0.356 e. The van der Waals surface area contributed by atoms with Crippen LogP contribution in [-0.4, -0.2) is 30.6 Å². The molecule has 5 heteroatoms. The van der Waals surface area contributed by atoms with Gasteiger partial charge in [-0.2, -0.15) is 0 Å². The third-order valence-electron chi connectivity index (χ3n) is 3.43. The van der Waals surface area contributed by atoms with E-state index in [1.165, 1.54) is 6.42 Å². The minimum atomic E-state index is 0.370. The first-order valence-corrected chi connectivity index (χ1v) is 8.25. The Morgan fingerprint density at radius 2 is 2.09 bits per heavy atom. The largest absolute Gasteiger partial charge is 0.356 e. The molecule has 1 aromatic heterocycles. The van der Waals surface area contributed by atoms with Gasteiger partial charge in [0.1, 0.15) is 5.15 Å². The summed E-state index contributed by atoms with van der Waals surface area (Å²) in [6.07, 6.45) is 5.02. The number of guanidine groups is 1. The molecule has 0 aliphatic rings. The molecule has 0 aliphatic heterocycles. The second-order valence-electron chi connectivity index (χ2n) is 6.88. The number of aromatic nitrogens is 1. The third kappa shape index (κ3) is 8.23. The van der Waals surface area contributed by atoms with E-state index in [-0.39, 0.29) is 0 Å². The Hall–Kier alpha value is -1.29. The summed E-state index contributed by atoms with van der Waals surface area (Å²) in [4.78, 5) is 8.36. The molecule has 0 bridgehead atoms. The van der Waals surface area contributed by atoms with Crippen molar-refractivity contribution in [2.75, 3.05) is 13.6 Å². The Kier molecular flexibility index (Phi) is 7.66. The van der Waals surface area contributed by atoms with E-state index in [9.17, 15) is 0 Å². The number of nitrogens with one attached hydrogen (secondary N) is 2. The maximum absolute atomic E-state index is 5.78. The van der Waals surface area contributed by atoms with Crippen LogP contribution in [0.2, 0.25) is 5.15 Å². The van der Waals surface area contributed by atoms with Gasteiger partial charge in [-0.3, -0.25) is 4.99 Å². The Labute approximate surface area is 139 Å². The van der Waals surface area contributed by atoms with Crippen molar-refractivity contribution < 1.29 is 0 Å². The Balaban J connectivity index is 2.31. The Morgan fingerprint density at radius 3 is 2.64 bits per heavy atom. The van der Waals surface area contributed by atoms with Gasteiger partial charge in [0.25, 0.3) is 0 Å². The van der Waals surface area contributed by atoms with Gasteiger partial charge in [0.15, 0.2) is 5.96 Å². The van der Waals surface area contributed by atoms with Crippen LogP contribution < -0.4 is 10.6 Å². The maximum Gasteiger partial charge on any atom is 0.191 e. The molecular weight excluding hydrogens is 296 g/mol. The summed E-state index contributed by atoms with van der Waals surface area (Å²) < 4.78 is 0. The molecule has 0 saturated heterocycles. The summed E-state index contributed by atoms with van der Waals surface area (Å²) in [6, 6.07) is 4.22.